The Hall–Kier alpha value is -4.25. The number of aliphatic hydroxyl groups is 1. The Bertz CT molecular complexity index is 1330. The molecule has 1 aromatic carbocycles. The molecule has 0 saturated heterocycles. The highest BCUT2D eigenvalue weighted by atomic mass is 16.7. The number of carbonyl (C=O) groups excluding carboxylic acids is 3. The van der Waals surface area contributed by atoms with E-state index in [1.165, 1.54) is 14.2 Å². The molecule has 0 aromatic heterocycles. The van der Waals surface area contributed by atoms with Crippen molar-refractivity contribution in [2.45, 2.75) is 84.7 Å². The normalized spacial score (nSPS) is 15.3. The SMILES string of the molecule is C=C/C=C/C[C@H](OC(=O)[C@@H](C)NC(=O)/C(C)=C/C)[C@H](C)[C@@H](O)/C(C)=C\CCc1cc(NC(=O)C[C@H](/C=C/C=C)OC)cc(OCOC)c1. The van der Waals surface area contributed by atoms with E-state index in [2.05, 4.69) is 23.8 Å². The number of allylic oxidation sites excluding steroid dienone is 6. The molecule has 0 aliphatic rings. The van der Waals surface area contributed by atoms with Crippen molar-refractivity contribution in [1.82, 2.24) is 5.32 Å². The standard InChI is InChI=1S/C38H54N2O8/c1-10-13-15-20-34(48-38(44)29(7)39-37(43)26(4)12-3)28(6)36(42)27(5)17-16-18-30-21-31(23-33(22-30)47-25-45-8)40-35(41)24-32(46-9)19-14-11-2/h10-15,17,19,21-23,28-29,32,34,36,42H,1-2,16,18,20,24-25H2,3-9H3,(H,39,43)(H,40,41)/b15-13+,19-14+,26-12+,27-17-/t28-,29+,32-,34-,36-/m0/s1. The fourth-order valence-corrected chi connectivity index (χ4v) is 4.55. The number of esters is 1. The quantitative estimate of drug-likeness (QED) is 0.0442. The number of hydrogen-bond acceptors (Lipinski definition) is 8. The van der Waals surface area contributed by atoms with E-state index in [0.717, 1.165) is 11.1 Å². The summed E-state index contributed by atoms with van der Waals surface area (Å²) in [4.78, 5) is 37.9. The highest BCUT2D eigenvalue weighted by Crippen LogP contribution is 2.25. The third kappa shape index (κ3) is 15.6. The Labute approximate surface area is 286 Å². The number of anilines is 1. The number of amides is 2. The van der Waals surface area contributed by atoms with Crippen molar-refractivity contribution in [1.29, 1.82) is 0 Å². The van der Waals surface area contributed by atoms with Crippen molar-refractivity contribution in [3.63, 3.8) is 0 Å². The van der Waals surface area contributed by atoms with Crippen LogP contribution in [-0.2, 0) is 35.0 Å². The lowest BCUT2D eigenvalue weighted by atomic mass is 9.90. The van der Waals surface area contributed by atoms with Crippen molar-refractivity contribution < 1.29 is 38.4 Å². The molecule has 10 nitrogen and oxygen atoms in total. The van der Waals surface area contributed by atoms with Crippen LogP contribution in [0.15, 0.2) is 91.1 Å². The molecule has 0 unspecified atom stereocenters. The predicted molar refractivity (Wildman–Crippen MR) is 190 cm³/mol. The molecule has 0 spiro atoms. The molecule has 0 bridgehead atoms. The van der Waals surface area contributed by atoms with E-state index in [1.807, 2.05) is 38.1 Å². The van der Waals surface area contributed by atoms with Gasteiger partial charge in [-0.2, -0.15) is 0 Å². The summed E-state index contributed by atoms with van der Waals surface area (Å²) in [5, 5.41) is 16.8. The third-order valence-electron chi connectivity index (χ3n) is 7.60. The van der Waals surface area contributed by atoms with Gasteiger partial charge in [-0.1, -0.05) is 68.7 Å². The summed E-state index contributed by atoms with van der Waals surface area (Å²) in [5.41, 5.74) is 2.70. The van der Waals surface area contributed by atoms with E-state index in [9.17, 15) is 19.5 Å². The molecule has 5 atom stereocenters. The minimum atomic E-state index is -0.898. The maximum Gasteiger partial charge on any atom is 0.328 e. The lowest BCUT2D eigenvalue weighted by Gasteiger charge is -2.29. The predicted octanol–water partition coefficient (Wildman–Crippen LogP) is 6.15. The molecule has 10 heteroatoms. The molecule has 0 heterocycles. The second kappa shape index (κ2) is 23.1. The molecule has 0 fully saturated rings. The van der Waals surface area contributed by atoms with Crippen LogP contribution in [-0.4, -0.2) is 68.3 Å². The summed E-state index contributed by atoms with van der Waals surface area (Å²) in [6.07, 6.45) is 13.6. The zero-order valence-electron chi connectivity index (χ0n) is 29.5. The minimum absolute atomic E-state index is 0.0480. The molecule has 2 amide bonds. The van der Waals surface area contributed by atoms with E-state index in [1.54, 1.807) is 63.3 Å². The van der Waals surface area contributed by atoms with Crippen LogP contribution in [0.4, 0.5) is 5.69 Å². The third-order valence-corrected chi connectivity index (χ3v) is 7.60. The van der Waals surface area contributed by atoms with Crippen molar-refractivity contribution >= 4 is 23.5 Å². The van der Waals surface area contributed by atoms with Gasteiger partial charge in [-0.15, -0.1) is 0 Å². The summed E-state index contributed by atoms with van der Waals surface area (Å²) in [6.45, 7) is 16.0. The second-order valence-electron chi connectivity index (χ2n) is 11.4. The average Bonchev–Trinajstić information content (AvgIpc) is 3.07. The number of hydrogen-bond donors (Lipinski definition) is 3. The first-order valence-corrected chi connectivity index (χ1v) is 16.0. The molecule has 1 rings (SSSR count). The number of aryl methyl sites for hydroxylation is 1. The molecule has 0 radical (unpaired) electrons. The van der Waals surface area contributed by atoms with E-state index in [-0.39, 0.29) is 25.0 Å². The van der Waals surface area contributed by atoms with Gasteiger partial charge in [0.05, 0.1) is 18.6 Å². The van der Waals surface area contributed by atoms with Gasteiger partial charge >= 0.3 is 5.97 Å². The van der Waals surface area contributed by atoms with Gasteiger partial charge in [0, 0.05) is 43.9 Å². The number of aliphatic hydroxyl groups excluding tert-OH is 1. The zero-order chi connectivity index (χ0) is 36.1. The highest BCUT2D eigenvalue weighted by molar-refractivity contribution is 5.95. The first-order chi connectivity index (χ1) is 22.9. The fourth-order valence-electron chi connectivity index (χ4n) is 4.55. The van der Waals surface area contributed by atoms with Gasteiger partial charge in [-0.25, -0.2) is 4.79 Å². The van der Waals surface area contributed by atoms with E-state index < -0.39 is 36.2 Å². The van der Waals surface area contributed by atoms with E-state index in [0.29, 0.717) is 36.3 Å². The van der Waals surface area contributed by atoms with Gasteiger partial charge < -0.3 is 34.7 Å². The summed E-state index contributed by atoms with van der Waals surface area (Å²) in [5.74, 6) is -1.07. The summed E-state index contributed by atoms with van der Waals surface area (Å²) in [7, 11) is 3.07. The Kier molecular flexibility index (Phi) is 20.1. The molecular weight excluding hydrogens is 612 g/mol. The summed E-state index contributed by atoms with van der Waals surface area (Å²) >= 11 is 0. The average molecular weight is 667 g/mol. The zero-order valence-corrected chi connectivity index (χ0v) is 29.5. The Balaban J connectivity index is 3.04. The lowest BCUT2D eigenvalue weighted by molar-refractivity contribution is -0.156. The Morgan fingerprint density at radius 2 is 1.75 bits per heavy atom. The van der Waals surface area contributed by atoms with Crippen LogP contribution in [0.3, 0.4) is 0 Å². The van der Waals surface area contributed by atoms with Crippen LogP contribution in [0, 0.1) is 5.92 Å². The maximum atomic E-state index is 12.9. The minimum Gasteiger partial charge on any atom is -0.467 e. The lowest BCUT2D eigenvalue weighted by Crippen LogP contribution is -2.43. The maximum absolute atomic E-state index is 12.9. The van der Waals surface area contributed by atoms with Gasteiger partial charge in [-0.3, -0.25) is 9.59 Å². The number of methoxy groups -OCH3 is 2. The van der Waals surface area contributed by atoms with Crippen molar-refractivity contribution in [2.24, 2.45) is 5.92 Å². The van der Waals surface area contributed by atoms with Gasteiger partial charge in [0.2, 0.25) is 11.8 Å². The summed E-state index contributed by atoms with van der Waals surface area (Å²) < 4.78 is 21.9. The van der Waals surface area contributed by atoms with Crippen LogP contribution in [0.25, 0.3) is 0 Å². The van der Waals surface area contributed by atoms with Gasteiger partial charge in [-0.05, 0) is 63.8 Å². The van der Waals surface area contributed by atoms with Gasteiger partial charge in [0.25, 0.3) is 0 Å². The van der Waals surface area contributed by atoms with Crippen molar-refractivity contribution in [2.75, 3.05) is 26.3 Å². The molecule has 0 aliphatic heterocycles. The molecule has 48 heavy (non-hydrogen) atoms. The number of nitrogens with one attached hydrogen (secondary N) is 2. The monoisotopic (exact) mass is 666 g/mol. The topological polar surface area (TPSA) is 132 Å². The fraction of sp³-hybridized carbons (Fsp3) is 0.447. The molecule has 1 aromatic rings. The highest BCUT2D eigenvalue weighted by Gasteiger charge is 2.30. The molecule has 0 saturated carbocycles. The van der Waals surface area contributed by atoms with Crippen LogP contribution >= 0.6 is 0 Å². The van der Waals surface area contributed by atoms with E-state index >= 15 is 0 Å². The molecular formula is C38H54N2O8. The summed E-state index contributed by atoms with van der Waals surface area (Å²) in [6, 6.07) is 4.61. The van der Waals surface area contributed by atoms with Crippen LogP contribution < -0.4 is 15.4 Å². The van der Waals surface area contributed by atoms with Crippen molar-refractivity contribution in [3.8, 4) is 5.75 Å². The van der Waals surface area contributed by atoms with Crippen molar-refractivity contribution in [3.05, 3.63) is 96.7 Å². The largest absolute Gasteiger partial charge is 0.467 e. The van der Waals surface area contributed by atoms with Crippen LogP contribution in [0.5, 0.6) is 5.75 Å². The van der Waals surface area contributed by atoms with Gasteiger partial charge in [0.15, 0.2) is 6.79 Å². The van der Waals surface area contributed by atoms with Gasteiger partial charge in [0.1, 0.15) is 17.9 Å². The molecule has 264 valence electrons. The number of benzene rings is 1. The van der Waals surface area contributed by atoms with Crippen LogP contribution in [0.1, 0.15) is 59.4 Å². The molecule has 0 aliphatic carbocycles. The number of rotatable bonds is 22. The first-order valence-electron chi connectivity index (χ1n) is 16.0. The Morgan fingerprint density at radius 3 is 2.38 bits per heavy atom. The second-order valence-corrected chi connectivity index (χ2v) is 11.4. The Morgan fingerprint density at radius 1 is 1.04 bits per heavy atom. The van der Waals surface area contributed by atoms with Crippen LogP contribution in [0.2, 0.25) is 0 Å². The number of carbonyl (C=O) groups is 3. The number of ether oxygens (including phenoxy) is 4. The smallest absolute Gasteiger partial charge is 0.328 e. The molecule has 3 N–H and O–H groups in total. The first kappa shape index (κ1) is 41.8. The van der Waals surface area contributed by atoms with E-state index in [4.69, 9.17) is 18.9 Å².